The van der Waals surface area contributed by atoms with E-state index in [0.717, 1.165) is 0 Å². The normalized spacial score (nSPS) is 17.7. The number of thioether (sulfide) groups is 1. The van der Waals surface area contributed by atoms with Crippen molar-refractivity contribution in [3.05, 3.63) is 32.0 Å². The molecule has 0 saturated carbocycles. The summed E-state index contributed by atoms with van der Waals surface area (Å²) in [6.45, 7) is 9.66. The molecule has 0 aromatic carbocycles. The Kier molecular flexibility index (Phi) is 6.65. The molecule has 150 valence electrons. The van der Waals surface area contributed by atoms with Gasteiger partial charge in [-0.15, -0.1) is 0 Å². The molecule has 3 rings (SSSR count). The van der Waals surface area contributed by atoms with Crippen LogP contribution >= 0.6 is 34.4 Å². The third kappa shape index (κ3) is 3.99. The predicted octanol–water partition coefficient (Wildman–Crippen LogP) is 6.56. The molecule has 2 aromatic heterocycles. The van der Waals surface area contributed by atoms with Crippen molar-refractivity contribution in [3.8, 4) is 0 Å². The Morgan fingerprint density at radius 3 is 1.33 bits per heavy atom. The molecular formula is C22H36S3Sn2. The fraction of sp³-hybridized carbons (Fsp3) is 0.636. The first-order valence-corrected chi connectivity index (χ1v) is 32.9. The Bertz CT molecular complexity index is 787. The fourth-order valence-electron chi connectivity index (χ4n) is 4.56. The first-order chi connectivity index (χ1) is 12.3. The zero-order valence-electron chi connectivity index (χ0n) is 18.8. The summed E-state index contributed by atoms with van der Waals surface area (Å²) in [5.74, 6) is 2.60. The maximum absolute atomic E-state index is 2.58. The molecule has 0 nitrogen and oxygen atoms in total. The van der Waals surface area contributed by atoms with Crippen molar-refractivity contribution in [1.82, 2.24) is 0 Å². The Balaban J connectivity index is 2.27. The first-order valence-electron chi connectivity index (χ1n) is 10.1. The molecule has 0 bridgehead atoms. The average molecular weight is 634 g/mol. The summed E-state index contributed by atoms with van der Waals surface area (Å²) < 4.78 is 3.60. The Morgan fingerprint density at radius 2 is 1.07 bits per heavy atom. The van der Waals surface area contributed by atoms with Crippen LogP contribution in [0.2, 0.25) is 29.6 Å². The molecule has 0 N–H and O–H groups in total. The standard InChI is InChI=1S/C16H18S3.6CH3.2Sn/c1-10-7-18-14(12(10)3)16(5-6-17-9-16)15-13(4)11(2)8-19-15;;;;;;;;/h5-6,9H2,1-4H3;6*1H3;;. The second-order valence-corrected chi connectivity index (χ2v) is 44.2. The summed E-state index contributed by atoms with van der Waals surface area (Å²) >= 11 is 2.46. The van der Waals surface area contributed by atoms with Crippen LogP contribution in [-0.4, -0.2) is 48.3 Å². The Labute approximate surface area is 187 Å². The van der Waals surface area contributed by atoms with E-state index >= 15 is 0 Å². The van der Waals surface area contributed by atoms with E-state index in [1.165, 1.54) is 17.9 Å². The quantitative estimate of drug-likeness (QED) is 0.344. The van der Waals surface area contributed by atoms with E-state index in [1.807, 2.05) is 0 Å². The van der Waals surface area contributed by atoms with E-state index in [9.17, 15) is 0 Å². The van der Waals surface area contributed by atoms with Crippen LogP contribution in [0.1, 0.15) is 38.4 Å². The minimum absolute atomic E-state index is 0.286. The van der Waals surface area contributed by atoms with Crippen molar-refractivity contribution in [2.24, 2.45) is 0 Å². The van der Waals surface area contributed by atoms with Gasteiger partial charge in [0.15, 0.2) is 0 Å². The van der Waals surface area contributed by atoms with E-state index in [1.54, 1.807) is 37.8 Å². The van der Waals surface area contributed by atoms with E-state index in [4.69, 9.17) is 0 Å². The topological polar surface area (TPSA) is 0 Å². The molecule has 5 heteroatoms. The van der Waals surface area contributed by atoms with Crippen LogP contribution < -0.4 is 5.79 Å². The molecule has 0 unspecified atom stereocenters. The van der Waals surface area contributed by atoms with Gasteiger partial charge in [0.1, 0.15) is 0 Å². The monoisotopic (exact) mass is 636 g/mol. The fourth-order valence-corrected chi connectivity index (χ4v) is 23.9. The summed E-state index contributed by atoms with van der Waals surface area (Å²) in [7, 11) is 0. The second kappa shape index (κ2) is 7.80. The van der Waals surface area contributed by atoms with Crippen LogP contribution in [0, 0.1) is 27.7 Å². The molecule has 1 aliphatic heterocycles. The van der Waals surface area contributed by atoms with Gasteiger partial charge in [0.05, 0.1) is 0 Å². The van der Waals surface area contributed by atoms with Gasteiger partial charge in [-0.2, -0.15) is 0 Å². The van der Waals surface area contributed by atoms with E-state index in [2.05, 4.69) is 91.8 Å². The van der Waals surface area contributed by atoms with Gasteiger partial charge in [0.2, 0.25) is 0 Å². The molecule has 0 atom stereocenters. The molecular weight excluding hydrogens is 598 g/mol. The summed E-state index contributed by atoms with van der Waals surface area (Å²) in [4.78, 5) is 19.0. The molecule has 1 aliphatic rings. The van der Waals surface area contributed by atoms with Crippen LogP contribution in [0.15, 0.2) is 0 Å². The molecule has 0 amide bonds. The van der Waals surface area contributed by atoms with Gasteiger partial charge in [0, 0.05) is 0 Å². The molecule has 0 radical (unpaired) electrons. The minimum atomic E-state index is -2.08. The van der Waals surface area contributed by atoms with Gasteiger partial charge in [0.25, 0.3) is 0 Å². The van der Waals surface area contributed by atoms with Crippen molar-refractivity contribution in [1.29, 1.82) is 0 Å². The predicted molar refractivity (Wildman–Crippen MR) is 136 cm³/mol. The van der Waals surface area contributed by atoms with Crippen molar-refractivity contribution < 1.29 is 0 Å². The van der Waals surface area contributed by atoms with Gasteiger partial charge in [-0.3, -0.25) is 0 Å². The van der Waals surface area contributed by atoms with Gasteiger partial charge in [-0.1, -0.05) is 0 Å². The van der Waals surface area contributed by atoms with Crippen molar-refractivity contribution in [2.75, 3.05) is 11.5 Å². The molecule has 0 spiro atoms. The van der Waals surface area contributed by atoms with Crippen LogP contribution in [-0.2, 0) is 5.41 Å². The maximum atomic E-state index is 2.58. The molecule has 1 fully saturated rings. The SMILES string of the molecule is Cc1c(C2(c3s[c]([Sn]([CH3])([CH3])[CH3])c(C)c3C)CCSC2)s[c]([Sn]([CH3])([CH3])[CH3])c1C. The van der Waals surface area contributed by atoms with Crippen LogP contribution in [0.5, 0.6) is 0 Å². The number of thiophene rings is 2. The van der Waals surface area contributed by atoms with Crippen molar-refractivity contribution in [3.63, 3.8) is 0 Å². The van der Waals surface area contributed by atoms with Crippen molar-refractivity contribution >= 4 is 77.0 Å². The van der Waals surface area contributed by atoms with Crippen LogP contribution in [0.4, 0.5) is 0 Å². The summed E-state index contributed by atoms with van der Waals surface area (Å²) in [6, 6.07) is 0. The number of hydrogen-bond donors (Lipinski definition) is 0. The summed E-state index contributed by atoms with van der Waals surface area (Å²) in [5, 5.41) is 0. The summed E-state index contributed by atoms with van der Waals surface area (Å²) in [5.41, 5.74) is 6.80. The first kappa shape index (κ1) is 23.0. The van der Waals surface area contributed by atoms with E-state index in [0.29, 0.717) is 0 Å². The molecule has 27 heavy (non-hydrogen) atoms. The summed E-state index contributed by atoms with van der Waals surface area (Å²) in [6.07, 6.45) is 1.33. The third-order valence-electron chi connectivity index (χ3n) is 6.15. The molecule has 1 saturated heterocycles. The zero-order chi connectivity index (χ0) is 20.4. The molecule has 3 heterocycles. The molecule has 0 aliphatic carbocycles. The van der Waals surface area contributed by atoms with Crippen LogP contribution in [0.3, 0.4) is 0 Å². The molecule has 2 aromatic rings. The average Bonchev–Trinajstić information content (AvgIpc) is 3.19. The third-order valence-corrected chi connectivity index (χ3v) is 30.0. The number of hydrogen-bond acceptors (Lipinski definition) is 3. The van der Waals surface area contributed by atoms with Crippen molar-refractivity contribution in [2.45, 2.75) is 69.2 Å². The second-order valence-electron chi connectivity index (χ2n) is 10.4. The van der Waals surface area contributed by atoms with Gasteiger partial charge in [-0.05, 0) is 0 Å². The van der Waals surface area contributed by atoms with Gasteiger partial charge in [-0.25, -0.2) is 0 Å². The van der Waals surface area contributed by atoms with Crippen LogP contribution in [0.25, 0.3) is 0 Å². The Hall–Kier alpha value is 1.35. The van der Waals surface area contributed by atoms with E-state index in [-0.39, 0.29) is 5.41 Å². The van der Waals surface area contributed by atoms with E-state index < -0.39 is 36.8 Å². The number of rotatable bonds is 4. The Morgan fingerprint density at radius 1 is 0.667 bits per heavy atom. The zero-order valence-corrected chi connectivity index (χ0v) is 27.0. The van der Waals surface area contributed by atoms with Gasteiger partial charge < -0.3 is 0 Å². The van der Waals surface area contributed by atoms with Gasteiger partial charge >= 0.3 is 190 Å².